The highest BCUT2D eigenvalue weighted by Crippen LogP contribution is 2.26. The summed E-state index contributed by atoms with van der Waals surface area (Å²) < 4.78 is 1.65. The number of carbonyl (C=O) groups excluding carboxylic acids is 1. The Balaban J connectivity index is 1.66. The maximum atomic E-state index is 12.8. The van der Waals surface area contributed by atoms with Crippen LogP contribution in [0.3, 0.4) is 0 Å². The number of aromatic nitrogens is 3. The van der Waals surface area contributed by atoms with Gasteiger partial charge in [-0.05, 0) is 30.7 Å². The quantitative estimate of drug-likeness (QED) is 0.556. The lowest BCUT2D eigenvalue weighted by Gasteiger charge is -2.08. The van der Waals surface area contributed by atoms with Crippen LogP contribution in [0.2, 0.25) is 5.02 Å². The van der Waals surface area contributed by atoms with Crippen molar-refractivity contribution in [2.45, 2.75) is 6.92 Å². The van der Waals surface area contributed by atoms with Gasteiger partial charge in [-0.15, -0.1) is 0 Å². The smallest absolute Gasteiger partial charge is 0.258 e. The lowest BCUT2D eigenvalue weighted by atomic mass is 10.1. The molecule has 0 radical (unpaired) electrons. The minimum Gasteiger partial charge on any atom is -0.307 e. The molecule has 4 aromatic rings. The van der Waals surface area contributed by atoms with Gasteiger partial charge in [0.1, 0.15) is 5.82 Å². The maximum absolute atomic E-state index is 12.8. The zero-order chi connectivity index (χ0) is 19.0. The van der Waals surface area contributed by atoms with Crippen LogP contribution in [0.4, 0.5) is 5.82 Å². The fourth-order valence-corrected chi connectivity index (χ4v) is 3.28. The van der Waals surface area contributed by atoms with Gasteiger partial charge in [0.15, 0.2) is 0 Å². The standard InChI is InChI=1S/C21H17ClN4O/c1-13-6-3-4-8-15(13)19-12-20(26(2)25-19)24-21(27)16-11-18-14(10-17(16)22)7-5-9-23-18/h3-12H,1-2H3,(H,24,27). The number of anilines is 1. The molecule has 0 aliphatic heterocycles. The largest absolute Gasteiger partial charge is 0.307 e. The second-order valence-corrected chi connectivity index (χ2v) is 6.74. The minimum atomic E-state index is -0.299. The fraction of sp³-hybridized carbons (Fsp3) is 0.0952. The lowest BCUT2D eigenvalue weighted by Crippen LogP contribution is -2.15. The first-order valence-corrected chi connectivity index (χ1v) is 8.86. The number of fused-ring (bicyclic) bond motifs is 1. The Labute approximate surface area is 161 Å². The molecule has 134 valence electrons. The van der Waals surface area contributed by atoms with Crippen LogP contribution in [0.25, 0.3) is 22.2 Å². The number of nitrogens with zero attached hydrogens (tertiary/aromatic N) is 3. The normalized spacial score (nSPS) is 10.9. The molecule has 4 rings (SSSR count). The summed E-state index contributed by atoms with van der Waals surface area (Å²) in [5.41, 5.74) is 4.05. The second-order valence-electron chi connectivity index (χ2n) is 6.34. The minimum absolute atomic E-state index is 0.299. The number of pyridine rings is 1. The molecule has 0 saturated carbocycles. The van der Waals surface area contributed by atoms with Crippen molar-refractivity contribution >= 4 is 34.2 Å². The van der Waals surface area contributed by atoms with Gasteiger partial charge in [0.2, 0.25) is 0 Å². The first-order valence-electron chi connectivity index (χ1n) is 8.48. The van der Waals surface area contributed by atoms with E-state index < -0.39 is 0 Å². The van der Waals surface area contributed by atoms with Crippen LogP contribution in [0.5, 0.6) is 0 Å². The molecule has 0 saturated heterocycles. The number of hydrogen-bond donors (Lipinski definition) is 1. The predicted octanol–water partition coefficient (Wildman–Crippen LogP) is 4.85. The van der Waals surface area contributed by atoms with E-state index in [1.807, 2.05) is 49.4 Å². The summed E-state index contributed by atoms with van der Waals surface area (Å²) in [4.78, 5) is 17.1. The van der Waals surface area contributed by atoms with Crippen molar-refractivity contribution in [3.63, 3.8) is 0 Å². The summed E-state index contributed by atoms with van der Waals surface area (Å²) in [5.74, 6) is 0.294. The Morgan fingerprint density at radius 1 is 1.11 bits per heavy atom. The van der Waals surface area contributed by atoms with Crippen LogP contribution >= 0.6 is 11.6 Å². The molecule has 0 bridgehead atoms. The van der Waals surface area contributed by atoms with Crippen molar-refractivity contribution in [1.82, 2.24) is 14.8 Å². The van der Waals surface area contributed by atoms with Gasteiger partial charge in [-0.2, -0.15) is 5.10 Å². The highest BCUT2D eigenvalue weighted by Gasteiger charge is 2.16. The average Bonchev–Trinajstić information content (AvgIpc) is 3.01. The first kappa shape index (κ1) is 17.2. The van der Waals surface area contributed by atoms with E-state index in [1.54, 1.807) is 30.1 Å². The Hall–Kier alpha value is -3.18. The van der Waals surface area contributed by atoms with Gasteiger partial charge in [0.05, 0.1) is 21.8 Å². The molecule has 0 unspecified atom stereocenters. The molecule has 5 nitrogen and oxygen atoms in total. The number of amides is 1. The van der Waals surface area contributed by atoms with Crippen molar-refractivity contribution < 1.29 is 4.79 Å². The Kier molecular flexibility index (Phi) is 4.38. The van der Waals surface area contributed by atoms with Crippen LogP contribution in [-0.2, 0) is 7.05 Å². The topological polar surface area (TPSA) is 59.8 Å². The number of aryl methyl sites for hydroxylation is 2. The maximum Gasteiger partial charge on any atom is 0.258 e. The molecule has 6 heteroatoms. The average molecular weight is 377 g/mol. The molecular weight excluding hydrogens is 360 g/mol. The van der Waals surface area contributed by atoms with Crippen molar-refractivity contribution in [1.29, 1.82) is 0 Å². The summed E-state index contributed by atoms with van der Waals surface area (Å²) >= 11 is 6.31. The zero-order valence-corrected chi connectivity index (χ0v) is 15.7. The van der Waals surface area contributed by atoms with Gasteiger partial charge in [-0.3, -0.25) is 14.5 Å². The molecule has 2 aromatic heterocycles. The van der Waals surface area contributed by atoms with E-state index in [0.717, 1.165) is 27.7 Å². The summed E-state index contributed by atoms with van der Waals surface area (Å²) in [6.45, 7) is 2.03. The molecule has 2 heterocycles. The Bertz CT molecular complexity index is 1170. The monoisotopic (exact) mass is 376 g/mol. The molecule has 27 heavy (non-hydrogen) atoms. The molecule has 0 spiro atoms. The van der Waals surface area contributed by atoms with Crippen LogP contribution in [0, 0.1) is 6.92 Å². The number of nitrogens with one attached hydrogen (secondary N) is 1. The van der Waals surface area contributed by atoms with Crippen LogP contribution in [-0.4, -0.2) is 20.7 Å². The van der Waals surface area contributed by atoms with Crippen LogP contribution < -0.4 is 5.32 Å². The van der Waals surface area contributed by atoms with Gasteiger partial charge in [0, 0.05) is 30.3 Å². The highest BCUT2D eigenvalue weighted by atomic mass is 35.5. The molecule has 1 N–H and O–H groups in total. The van der Waals surface area contributed by atoms with Crippen LogP contribution in [0.15, 0.2) is 60.8 Å². The first-order chi connectivity index (χ1) is 13.0. The Morgan fingerprint density at radius 3 is 2.74 bits per heavy atom. The van der Waals surface area contributed by atoms with E-state index in [-0.39, 0.29) is 5.91 Å². The number of hydrogen-bond acceptors (Lipinski definition) is 3. The van der Waals surface area contributed by atoms with E-state index in [4.69, 9.17) is 11.6 Å². The van der Waals surface area contributed by atoms with E-state index in [2.05, 4.69) is 15.4 Å². The summed E-state index contributed by atoms with van der Waals surface area (Å²) in [5, 5.41) is 8.68. The fourth-order valence-electron chi connectivity index (χ4n) is 3.03. The number of rotatable bonds is 3. The molecule has 0 aliphatic carbocycles. The summed E-state index contributed by atoms with van der Waals surface area (Å²) in [7, 11) is 1.79. The SMILES string of the molecule is Cc1ccccc1-c1cc(NC(=O)c2cc3ncccc3cc2Cl)n(C)n1. The predicted molar refractivity (Wildman–Crippen MR) is 108 cm³/mol. The second kappa shape index (κ2) is 6.85. The number of carbonyl (C=O) groups is 1. The zero-order valence-electron chi connectivity index (χ0n) is 14.9. The molecule has 1 amide bonds. The molecule has 0 fully saturated rings. The van der Waals surface area contributed by atoms with E-state index >= 15 is 0 Å². The van der Waals surface area contributed by atoms with Crippen molar-refractivity contribution in [2.24, 2.45) is 7.05 Å². The van der Waals surface area contributed by atoms with E-state index in [1.165, 1.54) is 0 Å². The van der Waals surface area contributed by atoms with Crippen molar-refractivity contribution in [2.75, 3.05) is 5.32 Å². The number of benzene rings is 2. The van der Waals surface area contributed by atoms with Gasteiger partial charge >= 0.3 is 0 Å². The van der Waals surface area contributed by atoms with Gasteiger partial charge in [0.25, 0.3) is 5.91 Å². The highest BCUT2D eigenvalue weighted by molar-refractivity contribution is 6.35. The third kappa shape index (κ3) is 3.29. The van der Waals surface area contributed by atoms with Gasteiger partial charge < -0.3 is 5.32 Å². The molecule has 2 aromatic carbocycles. The summed E-state index contributed by atoms with van der Waals surface area (Å²) in [6.07, 6.45) is 1.69. The van der Waals surface area contributed by atoms with Crippen molar-refractivity contribution in [3.8, 4) is 11.3 Å². The van der Waals surface area contributed by atoms with Crippen LogP contribution in [0.1, 0.15) is 15.9 Å². The summed E-state index contributed by atoms with van der Waals surface area (Å²) in [6, 6.07) is 17.0. The third-order valence-corrected chi connectivity index (χ3v) is 4.79. The Morgan fingerprint density at radius 2 is 1.93 bits per heavy atom. The van der Waals surface area contributed by atoms with Gasteiger partial charge in [-0.1, -0.05) is 41.9 Å². The molecule has 0 aliphatic rings. The third-order valence-electron chi connectivity index (χ3n) is 4.48. The van der Waals surface area contributed by atoms with Gasteiger partial charge in [-0.25, -0.2) is 0 Å². The van der Waals surface area contributed by atoms with E-state index in [9.17, 15) is 4.79 Å². The van der Waals surface area contributed by atoms with E-state index in [0.29, 0.717) is 16.4 Å². The molecular formula is C21H17ClN4O. The lowest BCUT2D eigenvalue weighted by molar-refractivity contribution is 0.102. The number of halogens is 1. The van der Waals surface area contributed by atoms with Crippen molar-refractivity contribution in [3.05, 3.63) is 76.9 Å². The molecule has 0 atom stereocenters.